The Morgan fingerprint density at radius 1 is 1.31 bits per heavy atom. The minimum absolute atomic E-state index is 0.128. The number of H-pyrrole nitrogens is 1. The molecule has 4 rings (SSSR count). The van der Waals surface area contributed by atoms with E-state index in [0.29, 0.717) is 35.1 Å². The third-order valence-electron chi connectivity index (χ3n) is 4.79. The quantitative estimate of drug-likeness (QED) is 0.631. The number of hydrogen-bond donors (Lipinski definition) is 2. The first-order chi connectivity index (χ1) is 12.6. The summed E-state index contributed by atoms with van der Waals surface area (Å²) in [6.45, 7) is 3.94. The Morgan fingerprint density at radius 2 is 2.15 bits per heavy atom. The predicted molar refractivity (Wildman–Crippen MR) is 101 cm³/mol. The van der Waals surface area contributed by atoms with Crippen LogP contribution in [0, 0.1) is 12.8 Å². The van der Waals surface area contributed by atoms with Crippen molar-refractivity contribution in [3.8, 4) is 0 Å². The number of nitrogens with zero attached hydrogens (tertiary/aromatic N) is 1. The van der Waals surface area contributed by atoms with E-state index >= 15 is 0 Å². The summed E-state index contributed by atoms with van der Waals surface area (Å²) >= 11 is 1.52. The van der Waals surface area contributed by atoms with E-state index < -0.39 is 11.8 Å². The van der Waals surface area contributed by atoms with Gasteiger partial charge in [-0.15, -0.1) is 0 Å². The third-order valence-corrected chi connectivity index (χ3v) is 5.87. The lowest BCUT2D eigenvalue weighted by Gasteiger charge is -2.35. The number of furan rings is 1. The summed E-state index contributed by atoms with van der Waals surface area (Å²) in [4.78, 5) is 33.1. The van der Waals surface area contributed by atoms with Crippen molar-refractivity contribution >= 4 is 23.4 Å². The molecule has 0 saturated heterocycles. The van der Waals surface area contributed by atoms with E-state index in [1.165, 1.54) is 11.8 Å². The monoisotopic (exact) mass is 371 g/mol. The van der Waals surface area contributed by atoms with Crippen molar-refractivity contribution in [2.45, 2.75) is 44.2 Å². The van der Waals surface area contributed by atoms with Gasteiger partial charge in [0.15, 0.2) is 5.16 Å². The zero-order chi connectivity index (χ0) is 18.3. The number of thioether (sulfide) groups is 1. The molecule has 0 aromatic carbocycles. The summed E-state index contributed by atoms with van der Waals surface area (Å²) in [5.41, 5.74) is 1.10. The second-order valence-electron chi connectivity index (χ2n) is 6.68. The van der Waals surface area contributed by atoms with Crippen LogP contribution in [0.25, 0.3) is 0 Å². The number of aromatic nitrogens is 2. The van der Waals surface area contributed by atoms with Gasteiger partial charge < -0.3 is 14.7 Å². The Balaban J connectivity index is 1.88. The molecule has 1 aliphatic carbocycles. The van der Waals surface area contributed by atoms with E-state index in [1.807, 2.05) is 25.1 Å². The van der Waals surface area contributed by atoms with Crippen molar-refractivity contribution in [3.05, 3.63) is 51.3 Å². The molecule has 0 bridgehead atoms. The molecule has 26 heavy (non-hydrogen) atoms. The normalized spacial score (nSPS) is 21.6. The number of hydrogen-bond acceptors (Lipinski definition) is 6. The van der Waals surface area contributed by atoms with Crippen LogP contribution in [0.1, 0.15) is 49.2 Å². The summed E-state index contributed by atoms with van der Waals surface area (Å²) < 4.78 is 5.83. The number of allylic oxidation sites excluding steroid dienone is 2. The number of carbonyl (C=O) groups is 1. The summed E-state index contributed by atoms with van der Waals surface area (Å²) in [5, 5.41) is 3.84. The molecule has 2 aromatic heterocycles. The maximum absolute atomic E-state index is 12.9. The van der Waals surface area contributed by atoms with Gasteiger partial charge in [0.2, 0.25) is 0 Å². The first kappa shape index (κ1) is 17.1. The van der Waals surface area contributed by atoms with Gasteiger partial charge in [-0.2, -0.15) is 0 Å². The fourth-order valence-corrected chi connectivity index (χ4v) is 4.38. The largest absolute Gasteiger partial charge is 0.466 e. The molecular weight excluding hydrogens is 350 g/mol. The molecule has 0 fully saturated rings. The molecular formula is C19H21N3O3S. The van der Waals surface area contributed by atoms with Crippen molar-refractivity contribution in [3.63, 3.8) is 0 Å². The molecule has 2 aliphatic rings. The number of fused-ring (bicyclic) bond motifs is 2. The van der Waals surface area contributed by atoms with Gasteiger partial charge in [0.05, 0.1) is 17.4 Å². The van der Waals surface area contributed by atoms with Crippen LogP contribution >= 0.6 is 11.8 Å². The van der Waals surface area contributed by atoms with Crippen molar-refractivity contribution in [1.29, 1.82) is 0 Å². The summed E-state index contributed by atoms with van der Waals surface area (Å²) in [7, 11) is 0. The molecule has 136 valence electrons. The Morgan fingerprint density at radius 3 is 2.88 bits per heavy atom. The van der Waals surface area contributed by atoms with E-state index in [0.717, 1.165) is 23.6 Å². The second-order valence-corrected chi connectivity index (χ2v) is 7.76. The van der Waals surface area contributed by atoms with E-state index in [4.69, 9.17) is 4.42 Å². The van der Waals surface area contributed by atoms with Crippen molar-refractivity contribution in [2.24, 2.45) is 5.92 Å². The van der Waals surface area contributed by atoms with E-state index in [9.17, 15) is 9.59 Å². The van der Waals surface area contributed by atoms with Crippen LogP contribution in [-0.4, -0.2) is 21.5 Å². The van der Waals surface area contributed by atoms with Crippen LogP contribution in [0.4, 0.5) is 5.82 Å². The fraction of sp³-hybridized carbons (Fsp3) is 0.421. The zero-order valence-electron chi connectivity index (χ0n) is 14.8. The maximum atomic E-state index is 12.9. The van der Waals surface area contributed by atoms with Crippen LogP contribution in [-0.2, 0) is 4.79 Å². The van der Waals surface area contributed by atoms with E-state index in [1.54, 1.807) is 0 Å². The number of ketones is 1. The second kappa shape index (κ2) is 6.79. The van der Waals surface area contributed by atoms with Crippen molar-refractivity contribution in [2.75, 3.05) is 11.1 Å². The number of anilines is 1. The molecule has 7 heteroatoms. The van der Waals surface area contributed by atoms with Crippen molar-refractivity contribution in [1.82, 2.24) is 9.97 Å². The number of nitrogens with one attached hydrogen (secondary N) is 2. The van der Waals surface area contributed by atoms with Gasteiger partial charge in [-0.05, 0) is 31.9 Å². The standard InChI is InChI=1S/C19H21N3O3S/c1-3-9-26-19-21-17-16(18(24)22-19)15(13-8-7-10(2)25-13)14-11(20-17)5-4-6-12(14)23/h5,7-8,14-15H,3-4,6,9H2,1-2H3,(H2,20,21,22,24)/t14-,15+/m0/s1. The van der Waals surface area contributed by atoms with Gasteiger partial charge in [-0.25, -0.2) is 4.98 Å². The number of Topliss-reactive ketones (excluding diaryl/α,β-unsaturated/α-hetero) is 1. The average Bonchev–Trinajstić information content (AvgIpc) is 3.04. The minimum atomic E-state index is -0.444. The van der Waals surface area contributed by atoms with Crippen LogP contribution in [0.3, 0.4) is 0 Å². The van der Waals surface area contributed by atoms with Crippen LogP contribution in [0.5, 0.6) is 0 Å². The summed E-state index contributed by atoms with van der Waals surface area (Å²) in [6.07, 6.45) is 4.23. The molecule has 0 spiro atoms. The lowest BCUT2D eigenvalue weighted by molar-refractivity contribution is -0.122. The number of aromatic amines is 1. The number of aryl methyl sites for hydroxylation is 1. The average molecular weight is 371 g/mol. The Bertz CT molecular complexity index is 944. The molecule has 0 unspecified atom stereocenters. The molecule has 2 N–H and O–H groups in total. The molecule has 0 radical (unpaired) electrons. The number of carbonyl (C=O) groups excluding carboxylic acids is 1. The fourth-order valence-electron chi connectivity index (χ4n) is 3.66. The Kier molecular flexibility index (Phi) is 4.48. The molecule has 2 aromatic rings. The highest BCUT2D eigenvalue weighted by Crippen LogP contribution is 2.45. The summed E-state index contributed by atoms with van der Waals surface area (Å²) in [6, 6.07) is 3.72. The van der Waals surface area contributed by atoms with Gasteiger partial charge in [0.1, 0.15) is 23.1 Å². The van der Waals surface area contributed by atoms with Crippen LogP contribution in [0.2, 0.25) is 0 Å². The smallest absolute Gasteiger partial charge is 0.257 e. The highest BCUT2D eigenvalue weighted by Gasteiger charge is 2.43. The van der Waals surface area contributed by atoms with Crippen LogP contribution < -0.4 is 10.9 Å². The van der Waals surface area contributed by atoms with Gasteiger partial charge in [-0.1, -0.05) is 24.8 Å². The minimum Gasteiger partial charge on any atom is -0.466 e. The molecule has 2 atom stereocenters. The van der Waals surface area contributed by atoms with Gasteiger partial charge in [0.25, 0.3) is 5.56 Å². The molecule has 0 amide bonds. The van der Waals surface area contributed by atoms with Crippen molar-refractivity contribution < 1.29 is 9.21 Å². The van der Waals surface area contributed by atoms with Gasteiger partial charge >= 0.3 is 0 Å². The molecule has 1 aliphatic heterocycles. The van der Waals surface area contributed by atoms with Gasteiger partial charge in [0, 0.05) is 17.9 Å². The highest BCUT2D eigenvalue weighted by molar-refractivity contribution is 7.99. The lowest BCUT2D eigenvalue weighted by Crippen LogP contribution is -2.38. The topological polar surface area (TPSA) is 88.0 Å². The molecule has 3 heterocycles. The Labute approximate surface area is 155 Å². The maximum Gasteiger partial charge on any atom is 0.257 e. The first-order valence-electron chi connectivity index (χ1n) is 8.91. The van der Waals surface area contributed by atoms with E-state index in [-0.39, 0.29) is 11.3 Å². The first-order valence-corrected chi connectivity index (χ1v) is 9.90. The molecule has 0 saturated carbocycles. The van der Waals surface area contributed by atoms with Crippen LogP contribution in [0.15, 0.2) is 38.3 Å². The SMILES string of the molecule is CCCSc1nc2c(c(=O)[nH]1)[C@H](c1ccc(C)o1)[C@@H]1C(=O)CCC=C1N2. The third kappa shape index (κ3) is 2.90. The summed E-state index contributed by atoms with van der Waals surface area (Å²) in [5.74, 6) is 2.07. The highest BCUT2D eigenvalue weighted by atomic mass is 32.2. The lowest BCUT2D eigenvalue weighted by atomic mass is 9.74. The Hall–Kier alpha value is -2.28. The molecule has 6 nitrogen and oxygen atoms in total. The predicted octanol–water partition coefficient (Wildman–Crippen LogP) is 3.59. The van der Waals surface area contributed by atoms with E-state index in [2.05, 4.69) is 22.2 Å². The van der Waals surface area contributed by atoms with Gasteiger partial charge in [-0.3, -0.25) is 9.59 Å². The number of rotatable bonds is 4. The zero-order valence-corrected chi connectivity index (χ0v) is 15.6.